The van der Waals surface area contributed by atoms with Gasteiger partial charge in [0.05, 0.1) is 11.9 Å². The lowest BCUT2D eigenvalue weighted by Crippen LogP contribution is -2.42. The first kappa shape index (κ1) is 20.2. The fraction of sp³-hybridized carbons (Fsp3) is 0.529. The lowest BCUT2D eigenvalue weighted by molar-refractivity contribution is -0.134. The van der Waals surface area contributed by atoms with Crippen molar-refractivity contribution in [2.45, 2.75) is 25.7 Å². The van der Waals surface area contributed by atoms with E-state index < -0.39 is 15.8 Å². The molecule has 0 unspecified atom stereocenters. The number of anilines is 1. The van der Waals surface area contributed by atoms with Crippen LogP contribution in [-0.2, 0) is 19.6 Å². The number of carbonyl (C=O) groups is 2. The smallest absolute Gasteiger partial charge is 0.232 e. The Hall–Kier alpha value is -2.16. The molecule has 26 heavy (non-hydrogen) atoms. The molecule has 0 aliphatic carbocycles. The molecule has 0 bridgehead atoms. The standard InChI is InChI=1S/C17H24FN3O4S/c1-26(24,25)21(15-6-3-2-5-14(15)18)10-4-7-16(22)20-11-8-13(9-12-20)17(19)23/h2-3,5-6,13H,4,7-12H2,1H3,(H2,19,23). The van der Waals surface area contributed by atoms with Gasteiger partial charge in [0.1, 0.15) is 5.82 Å². The number of nitrogens with zero attached hydrogens (tertiary/aromatic N) is 2. The fourth-order valence-corrected chi connectivity index (χ4v) is 4.03. The average molecular weight is 385 g/mol. The van der Waals surface area contributed by atoms with Crippen molar-refractivity contribution in [3.8, 4) is 0 Å². The quantitative estimate of drug-likeness (QED) is 0.759. The molecule has 2 rings (SSSR count). The van der Waals surface area contributed by atoms with Gasteiger partial charge in [-0.2, -0.15) is 0 Å². The van der Waals surface area contributed by atoms with Crippen LogP contribution in [0.15, 0.2) is 24.3 Å². The normalized spacial score (nSPS) is 15.7. The highest BCUT2D eigenvalue weighted by atomic mass is 32.2. The van der Waals surface area contributed by atoms with Gasteiger partial charge in [0.15, 0.2) is 0 Å². The van der Waals surface area contributed by atoms with Crippen molar-refractivity contribution in [2.75, 3.05) is 30.2 Å². The second-order valence-corrected chi connectivity index (χ2v) is 8.35. The van der Waals surface area contributed by atoms with Crippen molar-refractivity contribution in [3.05, 3.63) is 30.1 Å². The number of halogens is 1. The molecular formula is C17H24FN3O4S. The Bertz CT molecular complexity index is 761. The molecule has 144 valence electrons. The summed E-state index contributed by atoms with van der Waals surface area (Å²) in [4.78, 5) is 25.1. The minimum Gasteiger partial charge on any atom is -0.369 e. The van der Waals surface area contributed by atoms with E-state index in [2.05, 4.69) is 0 Å². The summed E-state index contributed by atoms with van der Waals surface area (Å²) in [6.07, 6.45) is 2.53. The van der Waals surface area contributed by atoms with Crippen molar-refractivity contribution in [3.63, 3.8) is 0 Å². The second-order valence-electron chi connectivity index (χ2n) is 6.45. The molecule has 1 aromatic rings. The zero-order chi connectivity index (χ0) is 19.3. The van der Waals surface area contributed by atoms with Gasteiger partial charge in [0, 0.05) is 32.0 Å². The van der Waals surface area contributed by atoms with Crippen molar-refractivity contribution in [1.29, 1.82) is 0 Å². The molecule has 0 aromatic heterocycles. The van der Waals surface area contributed by atoms with Crippen LogP contribution in [0.4, 0.5) is 10.1 Å². The summed E-state index contributed by atoms with van der Waals surface area (Å²) in [6, 6.07) is 5.64. The molecule has 1 saturated heterocycles. The SMILES string of the molecule is CS(=O)(=O)N(CCCC(=O)N1CCC(C(N)=O)CC1)c1ccccc1F. The number of para-hydroxylation sites is 1. The Morgan fingerprint density at radius 3 is 2.42 bits per heavy atom. The number of hydrogen-bond donors (Lipinski definition) is 1. The van der Waals surface area contributed by atoms with Crippen LogP contribution < -0.4 is 10.0 Å². The van der Waals surface area contributed by atoms with Crippen LogP contribution in [0.1, 0.15) is 25.7 Å². The molecule has 1 aromatic carbocycles. The summed E-state index contributed by atoms with van der Waals surface area (Å²) in [5, 5.41) is 0. The van der Waals surface area contributed by atoms with Crippen LogP contribution >= 0.6 is 0 Å². The Morgan fingerprint density at radius 2 is 1.88 bits per heavy atom. The van der Waals surface area contributed by atoms with E-state index in [1.165, 1.54) is 18.2 Å². The average Bonchev–Trinajstić information content (AvgIpc) is 2.58. The highest BCUT2D eigenvalue weighted by Gasteiger charge is 2.26. The molecule has 7 nitrogen and oxygen atoms in total. The zero-order valence-electron chi connectivity index (χ0n) is 14.7. The summed E-state index contributed by atoms with van der Waals surface area (Å²) < 4.78 is 38.9. The number of rotatable bonds is 7. The van der Waals surface area contributed by atoms with Crippen molar-refractivity contribution in [1.82, 2.24) is 4.90 Å². The van der Waals surface area contributed by atoms with Crippen LogP contribution in [0.25, 0.3) is 0 Å². The first-order chi connectivity index (χ1) is 12.2. The third-order valence-electron chi connectivity index (χ3n) is 4.52. The largest absolute Gasteiger partial charge is 0.369 e. The number of primary amides is 1. The van der Waals surface area contributed by atoms with Gasteiger partial charge in [0.2, 0.25) is 21.8 Å². The van der Waals surface area contributed by atoms with E-state index in [1.807, 2.05) is 0 Å². The van der Waals surface area contributed by atoms with E-state index in [1.54, 1.807) is 11.0 Å². The molecule has 1 heterocycles. The molecule has 2 N–H and O–H groups in total. The van der Waals surface area contributed by atoms with Gasteiger partial charge in [-0.05, 0) is 31.4 Å². The maximum Gasteiger partial charge on any atom is 0.232 e. The third kappa shape index (κ3) is 5.17. The minimum atomic E-state index is -3.66. The summed E-state index contributed by atoms with van der Waals surface area (Å²) in [5.41, 5.74) is 5.25. The third-order valence-corrected chi connectivity index (χ3v) is 5.70. The van der Waals surface area contributed by atoms with Crippen LogP contribution in [0.5, 0.6) is 0 Å². The Morgan fingerprint density at radius 1 is 1.27 bits per heavy atom. The predicted octanol–water partition coefficient (Wildman–Crippen LogP) is 1.10. The summed E-state index contributed by atoms with van der Waals surface area (Å²) in [5.74, 6) is -1.26. The topological polar surface area (TPSA) is 101 Å². The lowest BCUT2D eigenvalue weighted by Gasteiger charge is -2.31. The monoisotopic (exact) mass is 385 g/mol. The number of likely N-dealkylation sites (tertiary alicyclic amines) is 1. The van der Waals surface area contributed by atoms with E-state index in [0.717, 1.165) is 10.6 Å². The molecule has 1 fully saturated rings. The summed E-state index contributed by atoms with van der Waals surface area (Å²) in [7, 11) is -3.66. The van der Waals surface area contributed by atoms with Gasteiger partial charge >= 0.3 is 0 Å². The molecule has 9 heteroatoms. The van der Waals surface area contributed by atoms with E-state index in [-0.39, 0.29) is 42.8 Å². The number of carbonyl (C=O) groups excluding carboxylic acids is 2. The molecule has 0 atom stereocenters. The van der Waals surface area contributed by atoms with Gasteiger partial charge in [-0.15, -0.1) is 0 Å². The molecule has 1 aliphatic heterocycles. The Balaban J connectivity index is 1.91. The number of piperidine rings is 1. The fourth-order valence-electron chi connectivity index (χ4n) is 3.06. The van der Waals surface area contributed by atoms with Crippen LogP contribution in [0, 0.1) is 11.7 Å². The van der Waals surface area contributed by atoms with Crippen molar-refractivity contribution < 1.29 is 22.4 Å². The number of nitrogens with two attached hydrogens (primary N) is 1. The number of sulfonamides is 1. The molecule has 0 saturated carbocycles. The van der Waals surface area contributed by atoms with Crippen LogP contribution in [0.2, 0.25) is 0 Å². The van der Waals surface area contributed by atoms with Crippen LogP contribution in [-0.4, -0.2) is 51.0 Å². The van der Waals surface area contributed by atoms with E-state index >= 15 is 0 Å². The van der Waals surface area contributed by atoms with Gasteiger partial charge in [-0.1, -0.05) is 12.1 Å². The van der Waals surface area contributed by atoms with Gasteiger partial charge in [0.25, 0.3) is 0 Å². The number of hydrogen-bond acceptors (Lipinski definition) is 4. The van der Waals surface area contributed by atoms with Gasteiger partial charge in [-0.3, -0.25) is 13.9 Å². The predicted molar refractivity (Wildman–Crippen MR) is 96.3 cm³/mol. The lowest BCUT2D eigenvalue weighted by atomic mass is 9.96. The second kappa shape index (κ2) is 8.48. The first-order valence-corrected chi connectivity index (χ1v) is 10.3. The number of benzene rings is 1. The van der Waals surface area contributed by atoms with E-state index in [9.17, 15) is 22.4 Å². The van der Waals surface area contributed by atoms with E-state index in [4.69, 9.17) is 5.73 Å². The Labute approximate surface area is 153 Å². The van der Waals surface area contributed by atoms with Crippen molar-refractivity contribution >= 4 is 27.5 Å². The first-order valence-electron chi connectivity index (χ1n) is 8.49. The summed E-state index contributed by atoms with van der Waals surface area (Å²) >= 11 is 0. The highest BCUT2D eigenvalue weighted by molar-refractivity contribution is 7.92. The van der Waals surface area contributed by atoms with Crippen molar-refractivity contribution in [2.24, 2.45) is 11.7 Å². The zero-order valence-corrected chi connectivity index (χ0v) is 15.5. The molecule has 0 radical (unpaired) electrons. The van der Waals surface area contributed by atoms with E-state index in [0.29, 0.717) is 25.9 Å². The molecule has 0 spiro atoms. The van der Waals surface area contributed by atoms with Crippen LogP contribution in [0.3, 0.4) is 0 Å². The Kier molecular flexibility index (Phi) is 6.57. The van der Waals surface area contributed by atoms with Gasteiger partial charge < -0.3 is 10.6 Å². The molecule has 2 amide bonds. The number of amides is 2. The highest BCUT2D eigenvalue weighted by Crippen LogP contribution is 2.22. The minimum absolute atomic E-state index is 0.0171. The summed E-state index contributed by atoms with van der Waals surface area (Å²) in [6.45, 7) is 0.953. The maximum atomic E-state index is 13.9. The molecule has 1 aliphatic rings. The molecular weight excluding hydrogens is 361 g/mol. The maximum absolute atomic E-state index is 13.9. The van der Waals surface area contributed by atoms with Gasteiger partial charge in [-0.25, -0.2) is 12.8 Å².